The predicted molar refractivity (Wildman–Crippen MR) is 216 cm³/mol. The van der Waals surface area contributed by atoms with Gasteiger partial charge in [-0.15, -0.1) is 0 Å². The predicted octanol–water partition coefficient (Wildman–Crippen LogP) is 4.97. The second kappa shape index (κ2) is 14.0. The Balaban J connectivity index is 0.632. The highest BCUT2D eigenvalue weighted by molar-refractivity contribution is 6.05. The van der Waals surface area contributed by atoms with E-state index in [-0.39, 0.29) is 49.0 Å². The van der Waals surface area contributed by atoms with E-state index >= 15 is 4.39 Å². The number of imide groups is 1. The topological polar surface area (TPSA) is 149 Å². The molecule has 2 aliphatic carbocycles. The van der Waals surface area contributed by atoms with E-state index in [9.17, 15) is 14.4 Å². The number of fused-ring (bicyclic) bond motifs is 2. The number of H-pyrrole nitrogens is 1. The van der Waals surface area contributed by atoms with Gasteiger partial charge in [0.1, 0.15) is 29.5 Å². The minimum atomic E-state index is -0.762. The molecule has 2 aromatic carbocycles. The molecule has 7 aliphatic rings. The fourth-order valence-electron chi connectivity index (χ4n) is 10.4. The Hall–Kier alpha value is -5.15. The maximum Gasteiger partial charge on any atom is 0.255 e. The summed E-state index contributed by atoms with van der Waals surface area (Å²) in [5, 5.41) is 11.1. The van der Waals surface area contributed by atoms with Gasteiger partial charge in [-0.1, -0.05) is 0 Å². The summed E-state index contributed by atoms with van der Waals surface area (Å²) in [5.41, 5.74) is 4.07. The molecule has 0 radical (unpaired) electrons. The van der Waals surface area contributed by atoms with Crippen molar-refractivity contribution in [1.29, 1.82) is 0 Å². The summed E-state index contributed by atoms with van der Waals surface area (Å²) in [6.45, 7) is 7.81. The number of aromatic amines is 1. The number of rotatable bonds is 9. The van der Waals surface area contributed by atoms with Crippen LogP contribution >= 0.6 is 0 Å². The van der Waals surface area contributed by atoms with Gasteiger partial charge < -0.3 is 24.2 Å². The molecule has 59 heavy (non-hydrogen) atoms. The fourth-order valence-corrected chi connectivity index (χ4v) is 10.4. The highest BCUT2D eigenvalue weighted by Crippen LogP contribution is 2.46. The van der Waals surface area contributed by atoms with Crippen LogP contribution in [0.1, 0.15) is 87.1 Å². The van der Waals surface area contributed by atoms with Crippen LogP contribution in [-0.4, -0.2) is 117 Å². The summed E-state index contributed by atoms with van der Waals surface area (Å²) in [7, 11) is 0. The number of aromatic nitrogens is 4. The van der Waals surface area contributed by atoms with Crippen molar-refractivity contribution < 1.29 is 28.2 Å². The monoisotopic (exact) mass is 803 g/mol. The summed E-state index contributed by atoms with van der Waals surface area (Å²) in [4.78, 5) is 55.0. The first kappa shape index (κ1) is 36.9. The van der Waals surface area contributed by atoms with Gasteiger partial charge in [0.2, 0.25) is 11.8 Å². The van der Waals surface area contributed by atoms with Gasteiger partial charge in [0.05, 0.1) is 41.3 Å². The van der Waals surface area contributed by atoms with Crippen molar-refractivity contribution >= 4 is 40.1 Å². The number of amides is 3. The molecule has 14 nitrogen and oxygen atoms in total. The molecule has 0 bridgehead atoms. The highest BCUT2D eigenvalue weighted by Gasteiger charge is 2.50. The van der Waals surface area contributed by atoms with Gasteiger partial charge in [-0.3, -0.25) is 29.7 Å². The smallest absolute Gasteiger partial charge is 0.255 e. The Bertz CT molecular complexity index is 2340. The molecule has 11 rings (SSSR count). The molecule has 1 atom stereocenters. The third-order valence-corrected chi connectivity index (χ3v) is 14.4. The molecule has 15 heteroatoms. The van der Waals surface area contributed by atoms with E-state index in [1.165, 1.54) is 4.90 Å². The van der Waals surface area contributed by atoms with Crippen LogP contribution < -0.4 is 19.9 Å². The molecular formula is C44H50FN9O5. The lowest BCUT2D eigenvalue weighted by Gasteiger charge is -2.59. The fraction of sp³-hybridized carbons (Fsp3) is 0.545. The number of anilines is 2. The molecule has 6 fully saturated rings. The first-order valence-corrected chi connectivity index (χ1v) is 21.4. The molecule has 2 saturated carbocycles. The van der Waals surface area contributed by atoms with Gasteiger partial charge in [-0.05, 0) is 100 Å². The summed E-state index contributed by atoms with van der Waals surface area (Å²) in [6.07, 6.45) is 10.8. The van der Waals surface area contributed by atoms with E-state index in [1.54, 1.807) is 18.5 Å². The van der Waals surface area contributed by atoms with E-state index < -0.39 is 17.8 Å². The second-order valence-corrected chi connectivity index (χ2v) is 18.4. The Morgan fingerprint density at radius 1 is 0.881 bits per heavy atom. The Morgan fingerprint density at radius 3 is 2.44 bits per heavy atom. The average molecular weight is 804 g/mol. The van der Waals surface area contributed by atoms with Crippen molar-refractivity contribution in [3.05, 3.63) is 59.7 Å². The number of carbonyl (C=O) groups is 3. The second-order valence-electron chi connectivity index (χ2n) is 18.4. The van der Waals surface area contributed by atoms with Crippen LogP contribution in [0.4, 0.5) is 15.9 Å². The van der Waals surface area contributed by atoms with Crippen LogP contribution in [0.5, 0.6) is 5.75 Å². The molecule has 308 valence electrons. The van der Waals surface area contributed by atoms with Gasteiger partial charge in [0, 0.05) is 74.3 Å². The van der Waals surface area contributed by atoms with Gasteiger partial charge in [0.25, 0.3) is 5.91 Å². The maximum atomic E-state index is 15.9. The molecular weight excluding hydrogens is 754 g/mol. The van der Waals surface area contributed by atoms with Crippen LogP contribution in [-0.2, 0) is 20.9 Å². The zero-order valence-corrected chi connectivity index (χ0v) is 33.4. The standard InChI is InChI=1S/C44H50FN9O5/c1-43(10-11-43)59-28-2-4-33-31(20-28)40(50-49-33)34-21-37(47-25-46-34)52-16-12-44(13-17-52)23-53(24-44)26-18-29(19-26)58-27-8-14-51(15-9-27)35-5-3-30-32(39(35)45)22-54(42(30)57)36-6-7-38(55)48-41(36)56/h2-5,20-21,25-27,29,36H,6-19,22-24H2,1H3,(H,49,50)(H,48,55,56)/t26-,29-,36?. The van der Waals surface area contributed by atoms with E-state index in [1.807, 2.05) is 12.1 Å². The van der Waals surface area contributed by atoms with E-state index in [2.05, 4.69) is 59.2 Å². The lowest BCUT2D eigenvalue weighted by atomic mass is 9.69. The van der Waals surface area contributed by atoms with E-state index in [0.29, 0.717) is 41.4 Å². The van der Waals surface area contributed by atoms with E-state index in [0.717, 1.165) is 111 Å². The largest absolute Gasteiger partial charge is 0.488 e. The normalized spacial score (nSPS) is 26.5. The third kappa shape index (κ3) is 6.70. The molecule has 2 aromatic heterocycles. The van der Waals surface area contributed by atoms with Crippen molar-refractivity contribution in [2.24, 2.45) is 5.41 Å². The molecule has 4 aromatic rings. The van der Waals surface area contributed by atoms with Crippen LogP contribution in [0, 0.1) is 11.2 Å². The molecule has 4 saturated heterocycles. The lowest BCUT2D eigenvalue weighted by molar-refractivity contribution is -0.137. The van der Waals surface area contributed by atoms with Gasteiger partial charge in [-0.25, -0.2) is 14.4 Å². The third-order valence-electron chi connectivity index (χ3n) is 14.4. The van der Waals surface area contributed by atoms with Crippen LogP contribution in [0.25, 0.3) is 22.3 Å². The Morgan fingerprint density at radius 2 is 1.68 bits per heavy atom. The Labute approximate surface area is 341 Å². The molecule has 7 heterocycles. The number of hydrogen-bond donors (Lipinski definition) is 2. The number of piperidine rings is 3. The van der Waals surface area contributed by atoms with Crippen molar-refractivity contribution in [3.8, 4) is 17.1 Å². The minimum absolute atomic E-state index is 0.0332. The quantitative estimate of drug-likeness (QED) is 0.221. The first-order valence-electron chi connectivity index (χ1n) is 21.4. The van der Waals surface area contributed by atoms with Crippen molar-refractivity contribution in [2.45, 2.75) is 108 Å². The zero-order valence-electron chi connectivity index (χ0n) is 33.4. The molecule has 5 aliphatic heterocycles. The molecule has 3 amide bonds. The summed E-state index contributed by atoms with van der Waals surface area (Å²) in [5.74, 6) is 0.232. The molecule has 1 unspecified atom stereocenters. The Kier molecular flexibility index (Phi) is 8.74. The average Bonchev–Trinajstić information content (AvgIpc) is 3.63. The number of carbonyl (C=O) groups excluding carboxylic acids is 3. The van der Waals surface area contributed by atoms with Crippen molar-refractivity contribution in [3.63, 3.8) is 0 Å². The highest BCUT2D eigenvalue weighted by atomic mass is 19.1. The number of nitrogens with one attached hydrogen (secondary N) is 2. The van der Waals surface area contributed by atoms with Gasteiger partial charge in [-0.2, -0.15) is 5.10 Å². The van der Waals surface area contributed by atoms with E-state index in [4.69, 9.17) is 9.47 Å². The number of benzene rings is 2. The lowest BCUT2D eigenvalue weighted by Crippen LogP contribution is -2.66. The van der Waals surface area contributed by atoms with Crippen molar-refractivity contribution in [1.82, 2.24) is 35.3 Å². The number of hydrogen-bond acceptors (Lipinski definition) is 11. The van der Waals surface area contributed by atoms with Crippen LogP contribution in [0.3, 0.4) is 0 Å². The number of ether oxygens (including phenoxy) is 2. The molecule has 2 N–H and O–H groups in total. The minimum Gasteiger partial charge on any atom is -0.488 e. The zero-order chi connectivity index (χ0) is 40.0. The van der Waals surface area contributed by atoms with Crippen LogP contribution in [0.2, 0.25) is 0 Å². The number of nitrogens with zero attached hydrogens (tertiary/aromatic N) is 7. The summed E-state index contributed by atoms with van der Waals surface area (Å²) >= 11 is 0. The molecule has 1 spiro atoms. The SMILES string of the molecule is CC1(Oc2ccc3n[nH]c(-c4cc(N5CCC6(CC5)CN([C@H]5C[C@H](OC7CCN(c8ccc9c(c8F)CN(C8CCC(=O)NC8=O)C9=O)CC7)C5)C6)ncn4)c3c2)CC1. The number of likely N-dealkylation sites (tertiary alicyclic amines) is 1. The van der Waals surface area contributed by atoms with Crippen molar-refractivity contribution in [2.75, 3.05) is 49.1 Å². The number of halogens is 1. The van der Waals surface area contributed by atoms with Gasteiger partial charge in [0.15, 0.2) is 5.82 Å². The van der Waals surface area contributed by atoms with Crippen LogP contribution in [0.15, 0.2) is 42.7 Å². The maximum absolute atomic E-state index is 15.9. The first-order chi connectivity index (χ1) is 28.6. The summed E-state index contributed by atoms with van der Waals surface area (Å²) in [6, 6.07) is 11.3. The van der Waals surface area contributed by atoms with Gasteiger partial charge >= 0.3 is 0 Å². The summed E-state index contributed by atoms with van der Waals surface area (Å²) < 4.78 is 28.7.